The molecule has 1 heterocycles. The number of hydrogen-bond acceptors (Lipinski definition) is 5. The number of nitrogens with zero attached hydrogens (tertiary/aromatic N) is 1. The molecule has 1 fully saturated rings. The molecule has 4 rings (SSSR count). The molecular formula is C27H24ClFN2O3S. The molecule has 3 aromatic carbocycles. The lowest BCUT2D eigenvalue weighted by Crippen LogP contribution is -2.19. The summed E-state index contributed by atoms with van der Waals surface area (Å²) in [6.45, 7) is 4.32. The maximum Gasteiger partial charge on any atom is 0.264 e. The zero-order chi connectivity index (χ0) is 24.8. The first kappa shape index (κ1) is 24.8. The SMILES string of the molecule is CCOc1cc(/C=C2\SC(=Nc3ccc(CC)cc3)NC2=O)cc(Cl)c1OCc1ccccc1F. The Morgan fingerprint density at radius 1 is 1.09 bits per heavy atom. The fourth-order valence-corrected chi connectivity index (χ4v) is 4.51. The minimum absolute atomic E-state index is 0.00419. The molecular weight excluding hydrogens is 487 g/mol. The van der Waals surface area contributed by atoms with Crippen LogP contribution in [0.15, 0.2) is 70.6 Å². The summed E-state index contributed by atoms with van der Waals surface area (Å²) in [5.74, 6) is 0.135. The van der Waals surface area contributed by atoms with Crippen LogP contribution in [0.1, 0.15) is 30.5 Å². The molecule has 5 nitrogen and oxygen atoms in total. The van der Waals surface area contributed by atoms with Crippen molar-refractivity contribution >= 4 is 46.2 Å². The number of nitrogens with one attached hydrogen (secondary N) is 1. The average Bonchev–Trinajstić information content (AvgIpc) is 3.18. The topological polar surface area (TPSA) is 59.9 Å². The number of rotatable bonds is 8. The molecule has 35 heavy (non-hydrogen) atoms. The van der Waals surface area contributed by atoms with Crippen molar-refractivity contribution in [2.45, 2.75) is 26.9 Å². The molecule has 0 unspecified atom stereocenters. The van der Waals surface area contributed by atoms with Gasteiger partial charge in [0.05, 0.1) is 22.2 Å². The van der Waals surface area contributed by atoms with Crippen molar-refractivity contribution in [1.82, 2.24) is 5.32 Å². The molecule has 0 spiro atoms. The fourth-order valence-electron chi connectivity index (χ4n) is 3.39. The van der Waals surface area contributed by atoms with Crippen molar-refractivity contribution in [3.63, 3.8) is 0 Å². The monoisotopic (exact) mass is 510 g/mol. The van der Waals surface area contributed by atoms with Crippen LogP contribution in [0.25, 0.3) is 6.08 Å². The molecule has 1 aliphatic heterocycles. The number of thioether (sulfide) groups is 1. The Hall–Kier alpha value is -3.29. The van der Waals surface area contributed by atoms with E-state index in [0.717, 1.165) is 12.1 Å². The normalized spacial score (nSPS) is 15.5. The Morgan fingerprint density at radius 3 is 2.57 bits per heavy atom. The van der Waals surface area contributed by atoms with Crippen LogP contribution in [-0.4, -0.2) is 17.7 Å². The molecule has 0 aliphatic carbocycles. The number of aliphatic imine (C=N–C) groups is 1. The van der Waals surface area contributed by atoms with Gasteiger partial charge in [-0.1, -0.05) is 48.9 Å². The van der Waals surface area contributed by atoms with Gasteiger partial charge in [-0.05, 0) is 72.6 Å². The summed E-state index contributed by atoms with van der Waals surface area (Å²) >= 11 is 7.75. The molecule has 1 saturated heterocycles. The average molecular weight is 511 g/mol. The smallest absolute Gasteiger partial charge is 0.264 e. The van der Waals surface area contributed by atoms with Crippen LogP contribution < -0.4 is 14.8 Å². The lowest BCUT2D eigenvalue weighted by molar-refractivity contribution is -0.115. The fraction of sp³-hybridized carbons (Fsp3) is 0.185. The highest BCUT2D eigenvalue weighted by Gasteiger charge is 2.24. The first-order chi connectivity index (χ1) is 17.0. The van der Waals surface area contributed by atoms with Gasteiger partial charge in [0.15, 0.2) is 16.7 Å². The number of amides is 1. The van der Waals surface area contributed by atoms with Crippen LogP contribution in [0, 0.1) is 5.82 Å². The summed E-state index contributed by atoms with van der Waals surface area (Å²) in [6.07, 6.45) is 2.67. The zero-order valence-electron chi connectivity index (χ0n) is 19.3. The Kier molecular flexibility index (Phi) is 8.10. The molecule has 0 atom stereocenters. The largest absolute Gasteiger partial charge is 0.490 e. The maximum absolute atomic E-state index is 14.0. The first-order valence-electron chi connectivity index (χ1n) is 11.2. The Labute approximate surface area is 213 Å². The van der Waals surface area contributed by atoms with Gasteiger partial charge >= 0.3 is 0 Å². The summed E-state index contributed by atoms with van der Waals surface area (Å²) in [4.78, 5) is 17.5. The second-order valence-electron chi connectivity index (χ2n) is 7.64. The van der Waals surface area contributed by atoms with Crippen molar-refractivity contribution in [2.75, 3.05) is 6.61 Å². The van der Waals surface area contributed by atoms with Gasteiger partial charge in [-0.15, -0.1) is 0 Å². The number of carbonyl (C=O) groups excluding carboxylic acids is 1. The number of hydrogen-bond donors (Lipinski definition) is 1. The highest BCUT2D eigenvalue weighted by Crippen LogP contribution is 2.39. The van der Waals surface area contributed by atoms with E-state index >= 15 is 0 Å². The van der Waals surface area contributed by atoms with Gasteiger partial charge in [0, 0.05) is 5.56 Å². The number of amidine groups is 1. The van der Waals surface area contributed by atoms with E-state index < -0.39 is 0 Å². The van der Waals surface area contributed by atoms with Crippen LogP contribution in [0.4, 0.5) is 10.1 Å². The Balaban J connectivity index is 1.55. The molecule has 0 radical (unpaired) electrons. The molecule has 1 N–H and O–H groups in total. The molecule has 0 saturated carbocycles. The number of ether oxygens (including phenoxy) is 2. The number of aryl methyl sites for hydroxylation is 1. The van der Waals surface area contributed by atoms with Gasteiger partial charge in [0.1, 0.15) is 12.4 Å². The molecule has 180 valence electrons. The summed E-state index contributed by atoms with van der Waals surface area (Å²) in [5.41, 5.74) is 3.07. The highest BCUT2D eigenvalue weighted by atomic mass is 35.5. The molecule has 8 heteroatoms. The van der Waals surface area contributed by atoms with Crippen LogP contribution >= 0.6 is 23.4 Å². The number of benzene rings is 3. The Bertz CT molecular complexity index is 1290. The summed E-state index contributed by atoms with van der Waals surface area (Å²) < 4.78 is 25.5. The van der Waals surface area contributed by atoms with Gasteiger partial charge in [-0.25, -0.2) is 9.38 Å². The van der Waals surface area contributed by atoms with Crippen LogP contribution in [0.2, 0.25) is 5.02 Å². The minimum atomic E-state index is -0.356. The van der Waals surface area contributed by atoms with E-state index in [0.29, 0.717) is 44.3 Å². The van der Waals surface area contributed by atoms with E-state index in [1.165, 1.54) is 23.4 Å². The third kappa shape index (κ3) is 6.24. The van der Waals surface area contributed by atoms with Crippen LogP contribution in [0.3, 0.4) is 0 Å². The van der Waals surface area contributed by atoms with Gasteiger partial charge in [-0.2, -0.15) is 0 Å². The highest BCUT2D eigenvalue weighted by molar-refractivity contribution is 8.18. The second-order valence-corrected chi connectivity index (χ2v) is 9.08. The number of carbonyl (C=O) groups is 1. The zero-order valence-corrected chi connectivity index (χ0v) is 20.9. The van der Waals surface area contributed by atoms with Crippen molar-refractivity contribution in [2.24, 2.45) is 4.99 Å². The van der Waals surface area contributed by atoms with E-state index in [-0.39, 0.29) is 18.3 Å². The maximum atomic E-state index is 14.0. The summed E-state index contributed by atoms with van der Waals surface area (Å²) in [6, 6.07) is 17.7. The third-order valence-corrected chi connectivity index (χ3v) is 6.38. The molecule has 0 aromatic heterocycles. The van der Waals surface area contributed by atoms with Crippen molar-refractivity contribution in [1.29, 1.82) is 0 Å². The van der Waals surface area contributed by atoms with Crippen LogP contribution in [0.5, 0.6) is 11.5 Å². The predicted molar refractivity (Wildman–Crippen MR) is 140 cm³/mol. The minimum Gasteiger partial charge on any atom is -0.490 e. The quantitative estimate of drug-likeness (QED) is 0.334. The molecule has 1 aliphatic rings. The van der Waals surface area contributed by atoms with Gasteiger partial charge in [0.25, 0.3) is 5.91 Å². The van der Waals surface area contributed by atoms with Crippen molar-refractivity contribution in [3.05, 3.63) is 93.1 Å². The van der Waals surface area contributed by atoms with Crippen molar-refractivity contribution < 1.29 is 18.7 Å². The van der Waals surface area contributed by atoms with Crippen molar-refractivity contribution in [3.8, 4) is 11.5 Å². The van der Waals surface area contributed by atoms with Crippen LogP contribution in [-0.2, 0) is 17.8 Å². The van der Waals surface area contributed by atoms with E-state index in [9.17, 15) is 9.18 Å². The first-order valence-corrected chi connectivity index (χ1v) is 12.4. The van der Waals surface area contributed by atoms with Gasteiger partial charge < -0.3 is 14.8 Å². The second kappa shape index (κ2) is 11.4. The van der Waals surface area contributed by atoms with E-state index in [4.69, 9.17) is 21.1 Å². The summed E-state index contributed by atoms with van der Waals surface area (Å²) in [5, 5.41) is 3.60. The standard InChI is InChI=1S/C27H24ClFN2O3S/c1-3-17-9-11-20(12-10-17)30-27-31-26(32)24(35-27)15-18-13-21(28)25(23(14-18)33-4-2)34-16-19-7-5-6-8-22(19)29/h5-15H,3-4,16H2,1-2H3,(H,30,31,32)/b24-15-. The predicted octanol–water partition coefficient (Wildman–Crippen LogP) is 6.91. The van der Waals surface area contributed by atoms with E-state index in [1.807, 2.05) is 31.2 Å². The molecule has 0 bridgehead atoms. The summed E-state index contributed by atoms with van der Waals surface area (Å²) in [7, 11) is 0. The lowest BCUT2D eigenvalue weighted by atomic mass is 10.1. The molecule has 3 aromatic rings. The third-order valence-electron chi connectivity index (χ3n) is 5.19. The molecule has 1 amide bonds. The number of halogens is 2. The van der Waals surface area contributed by atoms with E-state index in [2.05, 4.69) is 17.2 Å². The lowest BCUT2D eigenvalue weighted by Gasteiger charge is -2.15. The van der Waals surface area contributed by atoms with Gasteiger partial charge in [-0.3, -0.25) is 4.79 Å². The van der Waals surface area contributed by atoms with E-state index in [1.54, 1.807) is 36.4 Å². The van der Waals surface area contributed by atoms with Gasteiger partial charge in [0.2, 0.25) is 0 Å². The Morgan fingerprint density at radius 2 is 1.86 bits per heavy atom.